The lowest BCUT2D eigenvalue weighted by Gasteiger charge is -2.29. The number of morpholine rings is 1. The van der Waals surface area contributed by atoms with Crippen LogP contribution in [0.3, 0.4) is 0 Å². The number of nitrogens with two attached hydrogens (primary N) is 1. The molecule has 0 amide bonds. The summed E-state index contributed by atoms with van der Waals surface area (Å²) >= 11 is 0. The molecule has 9 heteroatoms. The molecule has 32 heavy (non-hydrogen) atoms. The van der Waals surface area contributed by atoms with E-state index in [1.807, 2.05) is 22.7 Å². The molecule has 1 saturated heterocycles. The van der Waals surface area contributed by atoms with Crippen LogP contribution in [-0.2, 0) is 14.8 Å². The highest BCUT2D eigenvalue weighted by Gasteiger charge is 2.13. The second kappa shape index (κ2) is 8.27. The zero-order chi connectivity index (χ0) is 22.1. The number of nitrogens with zero attached hydrogens (tertiary/aromatic N) is 3. The maximum atomic E-state index is 11.5. The lowest BCUT2D eigenvalue weighted by atomic mass is 10.1. The van der Waals surface area contributed by atoms with Crippen LogP contribution in [0.4, 0.5) is 17.1 Å². The van der Waals surface area contributed by atoms with Gasteiger partial charge in [-0.25, -0.2) is 18.5 Å². The van der Waals surface area contributed by atoms with Gasteiger partial charge in [-0.3, -0.25) is 4.40 Å². The number of pyridine rings is 1. The first-order chi connectivity index (χ1) is 15.5. The number of fused-ring (bicyclic) bond motifs is 1. The Morgan fingerprint density at radius 2 is 1.66 bits per heavy atom. The first-order valence-electron chi connectivity index (χ1n) is 10.3. The van der Waals surface area contributed by atoms with Crippen LogP contribution >= 0.6 is 0 Å². The van der Waals surface area contributed by atoms with Crippen molar-refractivity contribution in [3.63, 3.8) is 0 Å². The first kappa shape index (κ1) is 20.5. The van der Waals surface area contributed by atoms with Crippen LogP contribution in [0.1, 0.15) is 0 Å². The van der Waals surface area contributed by atoms with Gasteiger partial charge in [0.1, 0.15) is 0 Å². The normalized spacial score (nSPS) is 14.6. The third kappa shape index (κ3) is 4.05. The molecule has 2 aromatic heterocycles. The van der Waals surface area contributed by atoms with Crippen LogP contribution in [0.15, 0.2) is 78.0 Å². The number of imidazole rings is 1. The number of aromatic nitrogens is 2. The molecule has 0 unspecified atom stereocenters. The minimum atomic E-state index is -3.72. The molecular formula is C23H23N5O3S. The topological polar surface area (TPSA) is 102 Å². The van der Waals surface area contributed by atoms with Crippen molar-refractivity contribution in [1.29, 1.82) is 0 Å². The molecular weight excluding hydrogens is 426 g/mol. The van der Waals surface area contributed by atoms with Crippen molar-refractivity contribution >= 4 is 32.7 Å². The third-order valence-corrected chi connectivity index (χ3v) is 6.48. The van der Waals surface area contributed by atoms with Crippen LogP contribution in [0.5, 0.6) is 0 Å². The van der Waals surface area contributed by atoms with Crippen molar-refractivity contribution in [1.82, 2.24) is 9.38 Å². The number of nitrogens with one attached hydrogen (secondary N) is 1. The van der Waals surface area contributed by atoms with E-state index in [0.717, 1.165) is 54.6 Å². The maximum Gasteiger partial charge on any atom is 0.238 e. The summed E-state index contributed by atoms with van der Waals surface area (Å²) in [4.78, 5) is 6.91. The van der Waals surface area contributed by atoms with Crippen molar-refractivity contribution in [3.05, 3.63) is 73.1 Å². The van der Waals surface area contributed by atoms with E-state index in [2.05, 4.69) is 39.5 Å². The summed E-state index contributed by atoms with van der Waals surface area (Å²) in [5, 5.41) is 8.65. The number of benzene rings is 2. The largest absolute Gasteiger partial charge is 0.378 e. The van der Waals surface area contributed by atoms with E-state index in [0.29, 0.717) is 0 Å². The van der Waals surface area contributed by atoms with E-state index >= 15 is 0 Å². The van der Waals surface area contributed by atoms with Crippen LogP contribution < -0.4 is 15.4 Å². The summed E-state index contributed by atoms with van der Waals surface area (Å²) in [5.41, 5.74) is 5.56. The van der Waals surface area contributed by atoms with Gasteiger partial charge in [0.15, 0.2) is 5.65 Å². The molecule has 4 aromatic rings. The summed E-state index contributed by atoms with van der Waals surface area (Å²) in [7, 11) is -3.72. The predicted molar refractivity (Wildman–Crippen MR) is 125 cm³/mol. The molecule has 3 N–H and O–H groups in total. The Kier molecular flexibility index (Phi) is 5.30. The lowest BCUT2D eigenvalue weighted by Crippen LogP contribution is -2.36. The number of anilines is 3. The maximum absolute atomic E-state index is 11.5. The van der Waals surface area contributed by atoms with Gasteiger partial charge in [0.25, 0.3) is 0 Å². The molecule has 0 atom stereocenters. The van der Waals surface area contributed by atoms with Gasteiger partial charge in [-0.1, -0.05) is 12.1 Å². The van der Waals surface area contributed by atoms with Gasteiger partial charge in [0.05, 0.1) is 29.5 Å². The smallest absolute Gasteiger partial charge is 0.238 e. The standard InChI is InChI=1S/C23H23N5O3S/c24-32(29,30)20-7-1-17(2-8-20)22-10-9-21(23-25-11-12-28(22)23)26-18-3-5-19(6-4-18)27-13-15-31-16-14-27/h1-12,26H,13-16H2,(H2,24,29,30). The number of sulfonamides is 1. The van der Waals surface area contributed by atoms with Crippen molar-refractivity contribution in [2.75, 3.05) is 36.5 Å². The molecule has 1 fully saturated rings. The summed E-state index contributed by atoms with van der Waals surface area (Å²) < 4.78 is 30.4. The van der Waals surface area contributed by atoms with Crippen LogP contribution in [0.25, 0.3) is 16.9 Å². The van der Waals surface area contributed by atoms with Crippen LogP contribution in [0, 0.1) is 0 Å². The second-order valence-electron chi connectivity index (χ2n) is 7.59. The quantitative estimate of drug-likeness (QED) is 0.485. The molecule has 0 radical (unpaired) electrons. The highest BCUT2D eigenvalue weighted by atomic mass is 32.2. The minimum Gasteiger partial charge on any atom is -0.378 e. The average Bonchev–Trinajstić information content (AvgIpc) is 3.30. The van der Waals surface area contributed by atoms with Crippen molar-refractivity contribution in [2.45, 2.75) is 4.90 Å². The Morgan fingerprint density at radius 1 is 0.938 bits per heavy atom. The highest BCUT2D eigenvalue weighted by Crippen LogP contribution is 2.29. The molecule has 0 aliphatic carbocycles. The monoisotopic (exact) mass is 449 g/mol. The summed E-state index contributed by atoms with van der Waals surface area (Å²) in [5.74, 6) is 0. The van der Waals surface area contributed by atoms with E-state index in [1.54, 1.807) is 18.3 Å². The lowest BCUT2D eigenvalue weighted by molar-refractivity contribution is 0.122. The van der Waals surface area contributed by atoms with Gasteiger partial charge in [0, 0.05) is 36.9 Å². The Hall–Kier alpha value is -3.40. The molecule has 0 bridgehead atoms. The number of primary sulfonamides is 1. The van der Waals surface area contributed by atoms with Crippen molar-refractivity contribution in [2.24, 2.45) is 5.14 Å². The van der Waals surface area contributed by atoms with E-state index < -0.39 is 10.0 Å². The van der Waals surface area contributed by atoms with Crippen LogP contribution in [0.2, 0.25) is 0 Å². The number of rotatable bonds is 5. The Morgan fingerprint density at radius 3 is 2.34 bits per heavy atom. The summed E-state index contributed by atoms with van der Waals surface area (Å²) in [6.45, 7) is 3.33. The van der Waals surface area contributed by atoms with E-state index in [9.17, 15) is 8.42 Å². The van der Waals surface area contributed by atoms with Gasteiger partial charge in [-0.15, -0.1) is 0 Å². The van der Waals surface area contributed by atoms with Gasteiger partial charge in [-0.2, -0.15) is 0 Å². The Labute approximate surface area is 186 Å². The molecule has 164 valence electrons. The van der Waals surface area contributed by atoms with E-state index in [1.165, 1.54) is 17.8 Å². The zero-order valence-corrected chi connectivity index (χ0v) is 18.1. The number of hydrogen-bond donors (Lipinski definition) is 2. The summed E-state index contributed by atoms with van der Waals surface area (Å²) in [6.07, 6.45) is 3.62. The van der Waals surface area contributed by atoms with E-state index in [4.69, 9.17) is 9.88 Å². The highest BCUT2D eigenvalue weighted by molar-refractivity contribution is 7.89. The molecule has 1 aliphatic heterocycles. The first-order valence-corrected chi connectivity index (χ1v) is 11.8. The number of ether oxygens (including phenoxy) is 1. The predicted octanol–water partition coefficient (Wildman–Crippen LogP) is 3.23. The third-order valence-electron chi connectivity index (χ3n) is 5.55. The molecule has 5 rings (SSSR count). The Balaban J connectivity index is 1.41. The zero-order valence-electron chi connectivity index (χ0n) is 17.3. The molecule has 0 spiro atoms. The number of hydrogen-bond acceptors (Lipinski definition) is 6. The molecule has 1 aliphatic rings. The van der Waals surface area contributed by atoms with Crippen molar-refractivity contribution < 1.29 is 13.2 Å². The molecule has 8 nitrogen and oxygen atoms in total. The minimum absolute atomic E-state index is 0.0851. The average molecular weight is 450 g/mol. The van der Waals surface area contributed by atoms with Crippen molar-refractivity contribution in [3.8, 4) is 11.3 Å². The molecule has 0 saturated carbocycles. The van der Waals surface area contributed by atoms with Crippen LogP contribution in [-0.4, -0.2) is 44.1 Å². The fourth-order valence-corrected chi connectivity index (χ4v) is 4.41. The van der Waals surface area contributed by atoms with Gasteiger partial charge >= 0.3 is 0 Å². The SMILES string of the molecule is NS(=O)(=O)c1ccc(-c2ccc(Nc3ccc(N4CCOCC4)cc3)c3nccn23)cc1. The fraction of sp³-hybridized carbons (Fsp3) is 0.174. The Bertz CT molecular complexity index is 1340. The summed E-state index contributed by atoms with van der Waals surface area (Å²) in [6, 6.07) is 18.8. The van der Waals surface area contributed by atoms with Gasteiger partial charge in [-0.05, 0) is 54.1 Å². The molecule has 2 aromatic carbocycles. The second-order valence-corrected chi connectivity index (χ2v) is 9.16. The van der Waals surface area contributed by atoms with Gasteiger partial charge < -0.3 is 15.0 Å². The molecule has 3 heterocycles. The van der Waals surface area contributed by atoms with Gasteiger partial charge in [0.2, 0.25) is 10.0 Å². The van der Waals surface area contributed by atoms with E-state index in [-0.39, 0.29) is 4.90 Å². The fourth-order valence-electron chi connectivity index (χ4n) is 3.90.